The molecule has 51 heavy (non-hydrogen) atoms. The zero-order valence-corrected chi connectivity index (χ0v) is 27.1. The summed E-state index contributed by atoms with van der Waals surface area (Å²) in [5.74, 6) is 0. The van der Waals surface area contributed by atoms with Crippen molar-refractivity contribution in [3.63, 3.8) is 0 Å². The van der Waals surface area contributed by atoms with Crippen LogP contribution >= 0.6 is 0 Å². The van der Waals surface area contributed by atoms with Gasteiger partial charge in [-0.2, -0.15) is 0 Å². The zero-order chi connectivity index (χ0) is 40.4. The van der Waals surface area contributed by atoms with E-state index >= 15 is 0 Å². The minimum atomic E-state index is -0.430. The van der Waals surface area contributed by atoms with Crippen LogP contribution in [0.1, 0.15) is 11.0 Å². The topological polar surface area (TPSA) is 13.1 Å². The molecule has 11 aromatic rings. The van der Waals surface area contributed by atoms with Crippen LogP contribution in [0.4, 0.5) is 0 Å². The van der Waals surface area contributed by atoms with Gasteiger partial charge in [-0.25, -0.2) is 0 Å². The van der Waals surface area contributed by atoms with Crippen LogP contribution in [0.5, 0.6) is 0 Å². The highest BCUT2D eigenvalue weighted by atomic mass is 16.3. The Balaban J connectivity index is 1.27. The van der Waals surface area contributed by atoms with Crippen LogP contribution in [0.3, 0.4) is 0 Å². The number of hydrogen-bond donors (Lipinski definition) is 0. The molecule has 1 aromatic heterocycles. The molecule has 11 rings (SSSR count). The molecule has 0 bridgehead atoms. The lowest BCUT2D eigenvalue weighted by molar-refractivity contribution is 0.669. The van der Waals surface area contributed by atoms with E-state index < -0.39 is 24.2 Å². The van der Waals surface area contributed by atoms with Crippen LogP contribution < -0.4 is 0 Å². The molecule has 0 atom stereocenters. The predicted octanol–water partition coefficient (Wildman–Crippen LogP) is 14.4. The average molecular weight is 655 g/mol. The normalized spacial score (nSPS) is 14.1. The average Bonchev–Trinajstić information content (AvgIpc) is 3.66. The summed E-state index contributed by atoms with van der Waals surface area (Å²) < 4.78 is 79.9. The fourth-order valence-corrected chi connectivity index (χ4v) is 8.09. The molecule has 0 spiro atoms. The van der Waals surface area contributed by atoms with E-state index in [2.05, 4.69) is 30.3 Å². The van der Waals surface area contributed by atoms with E-state index in [4.69, 9.17) is 9.90 Å². The van der Waals surface area contributed by atoms with Crippen LogP contribution in [0.15, 0.2) is 186 Å². The van der Waals surface area contributed by atoms with Gasteiger partial charge in [0.25, 0.3) is 0 Å². The Morgan fingerprint density at radius 2 is 0.882 bits per heavy atom. The Hall–Kier alpha value is -6.70. The van der Waals surface area contributed by atoms with Crippen molar-refractivity contribution < 1.29 is 15.4 Å². The molecule has 236 valence electrons. The fraction of sp³-hybridized carbons (Fsp3) is 0. The second-order valence-electron chi connectivity index (χ2n) is 13.0. The lowest BCUT2D eigenvalue weighted by Crippen LogP contribution is -1.93. The van der Waals surface area contributed by atoms with Gasteiger partial charge < -0.3 is 4.42 Å². The molecule has 0 aliphatic heterocycles. The Kier molecular flexibility index (Phi) is 4.57. The lowest BCUT2D eigenvalue weighted by Gasteiger charge is -2.20. The molecule has 0 N–H and O–H groups in total. The molecule has 0 radical (unpaired) electrons. The monoisotopic (exact) mass is 654 g/mol. The van der Waals surface area contributed by atoms with Gasteiger partial charge in [-0.3, -0.25) is 0 Å². The molecule has 0 unspecified atom stereocenters. The maximum Gasteiger partial charge on any atom is 0.136 e. The Bertz CT molecular complexity index is 3580. The second kappa shape index (κ2) is 10.9. The molecule has 0 aliphatic rings. The highest BCUT2D eigenvalue weighted by Crippen LogP contribution is 2.48. The van der Waals surface area contributed by atoms with Gasteiger partial charge in [-0.15, -0.1) is 0 Å². The minimum absolute atomic E-state index is 0.185. The molecule has 1 heteroatoms. The molecule has 1 heterocycles. The molecule has 0 saturated carbocycles. The van der Waals surface area contributed by atoms with Crippen molar-refractivity contribution >= 4 is 75.8 Å². The Morgan fingerprint density at radius 3 is 1.57 bits per heavy atom. The lowest BCUT2D eigenvalue weighted by atomic mass is 9.83. The zero-order valence-electron chi connectivity index (χ0n) is 35.1. The van der Waals surface area contributed by atoms with E-state index in [1.165, 1.54) is 0 Å². The van der Waals surface area contributed by atoms with Crippen molar-refractivity contribution in [1.82, 2.24) is 0 Å². The third-order valence-corrected chi connectivity index (χ3v) is 10.3. The summed E-state index contributed by atoms with van der Waals surface area (Å²) in [5.41, 5.74) is 5.20. The van der Waals surface area contributed by atoms with Gasteiger partial charge in [-0.05, 0) is 105 Å². The van der Waals surface area contributed by atoms with E-state index in [-0.39, 0.29) is 45.7 Å². The van der Waals surface area contributed by atoms with Gasteiger partial charge in [0.2, 0.25) is 0 Å². The second-order valence-corrected chi connectivity index (χ2v) is 13.0. The van der Waals surface area contributed by atoms with Crippen molar-refractivity contribution in [2.24, 2.45) is 0 Å². The predicted molar refractivity (Wildman–Crippen MR) is 218 cm³/mol. The Morgan fingerprint density at radius 1 is 0.353 bits per heavy atom. The van der Waals surface area contributed by atoms with E-state index in [0.29, 0.717) is 22.3 Å². The van der Waals surface area contributed by atoms with Crippen LogP contribution in [0.2, 0.25) is 0 Å². The van der Waals surface area contributed by atoms with E-state index in [9.17, 15) is 5.48 Å². The maximum atomic E-state index is 9.50. The molecule has 10 aromatic carbocycles. The van der Waals surface area contributed by atoms with Crippen LogP contribution in [-0.4, -0.2) is 0 Å². The van der Waals surface area contributed by atoms with Gasteiger partial charge in [0.1, 0.15) is 11.2 Å². The molecule has 0 saturated heterocycles. The Labute approximate surface area is 305 Å². The van der Waals surface area contributed by atoms with Crippen molar-refractivity contribution in [3.8, 4) is 33.4 Å². The molecular weight excluding hydrogens is 617 g/mol. The summed E-state index contributed by atoms with van der Waals surface area (Å²) in [6, 6.07) is 40.7. The summed E-state index contributed by atoms with van der Waals surface area (Å²) in [4.78, 5) is 0. The SMILES string of the molecule is [2H]c1c([2H])c([2H])c2c(-c3ccc(-c4ccc5c(c4)oc4ccc6ccccc6c45)c4ccccc34)c3c([2H])c([2H])c([2H])c([2H])c3c(-c3cccc4ccccc34)c2c1[2H]. The summed E-state index contributed by atoms with van der Waals surface area (Å²) in [6.07, 6.45) is 0. The highest BCUT2D eigenvalue weighted by molar-refractivity contribution is 6.26. The first kappa shape index (κ1) is 21.4. The first-order valence-electron chi connectivity index (χ1n) is 20.9. The third kappa shape index (κ3) is 4.16. The number of benzene rings is 10. The van der Waals surface area contributed by atoms with E-state index in [1.807, 2.05) is 103 Å². The number of furan rings is 1. The highest BCUT2D eigenvalue weighted by Gasteiger charge is 2.20. The van der Waals surface area contributed by atoms with Gasteiger partial charge >= 0.3 is 0 Å². The summed E-state index contributed by atoms with van der Waals surface area (Å²) in [5, 5.41) is 8.35. The maximum absolute atomic E-state index is 9.50. The number of rotatable bonds is 3. The van der Waals surface area contributed by atoms with E-state index in [1.54, 1.807) is 0 Å². The molecular formula is C50H30O. The first-order valence-corrected chi connectivity index (χ1v) is 16.9. The standard InChI is InChI=1S/C50H30O/c1-3-15-34-31(12-1)14-11-23-39(34)48-40-19-7-9-21-42(40)49(43-22-10-8-20-41(43)48)44-28-27-35(37-17-5-6-18-38(37)44)33-24-26-45-47(30-33)51-46-29-25-32-13-2-4-16-36(32)50(45)46/h1-30H/i7D,8D,9D,10D,19D,20D,21D,22D. The number of hydrogen-bond acceptors (Lipinski definition) is 1. The smallest absolute Gasteiger partial charge is 0.136 e. The summed E-state index contributed by atoms with van der Waals surface area (Å²) in [7, 11) is 0. The van der Waals surface area contributed by atoms with Gasteiger partial charge in [-0.1, -0.05) is 164 Å². The first-order chi connectivity index (χ1) is 28.6. The van der Waals surface area contributed by atoms with Crippen LogP contribution in [-0.2, 0) is 0 Å². The molecule has 1 nitrogen and oxygen atoms in total. The summed E-state index contributed by atoms with van der Waals surface area (Å²) in [6.45, 7) is 0. The minimum Gasteiger partial charge on any atom is -0.456 e. The fourth-order valence-electron chi connectivity index (χ4n) is 8.09. The van der Waals surface area contributed by atoms with E-state index in [0.717, 1.165) is 65.4 Å². The quantitative estimate of drug-likeness (QED) is 0.173. The van der Waals surface area contributed by atoms with Crippen LogP contribution in [0, 0.1) is 0 Å². The van der Waals surface area contributed by atoms with Crippen LogP contribution in [0.25, 0.3) is 109 Å². The third-order valence-electron chi connectivity index (χ3n) is 10.3. The van der Waals surface area contributed by atoms with Gasteiger partial charge in [0, 0.05) is 10.8 Å². The van der Waals surface area contributed by atoms with Gasteiger partial charge in [0.15, 0.2) is 0 Å². The number of fused-ring (bicyclic) bond motifs is 9. The van der Waals surface area contributed by atoms with Crippen molar-refractivity contribution in [2.45, 2.75) is 0 Å². The van der Waals surface area contributed by atoms with Crippen molar-refractivity contribution in [2.75, 3.05) is 0 Å². The largest absolute Gasteiger partial charge is 0.456 e. The summed E-state index contributed by atoms with van der Waals surface area (Å²) >= 11 is 0. The van der Waals surface area contributed by atoms with Crippen molar-refractivity contribution in [1.29, 1.82) is 0 Å². The van der Waals surface area contributed by atoms with Crippen molar-refractivity contribution in [3.05, 3.63) is 182 Å². The molecule has 0 fully saturated rings. The van der Waals surface area contributed by atoms with Gasteiger partial charge in [0.05, 0.1) is 11.0 Å². The molecule has 0 amide bonds. The molecule has 0 aliphatic carbocycles.